The monoisotopic (exact) mass is 589 g/mol. The minimum atomic E-state index is 0.878. The second-order valence-electron chi connectivity index (χ2n) is 11.5. The van der Waals surface area contributed by atoms with Crippen LogP contribution in [0.15, 0.2) is 169 Å². The molecule has 5 aromatic carbocycles. The van der Waals surface area contributed by atoms with Crippen LogP contribution in [0.3, 0.4) is 0 Å². The molecule has 0 amide bonds. The zero-order valence-electron chi connectivity index (χ0n) is 24.8. The summed E-state index contributed by atoms with van der Waals surface area (Å²) in [5.41, 5.74) is 11.7. The molecule has 0 atom stereocenters. The highest BCUT2D eigenvalue weighted by Crippen LogP contribution is 2.46. The van der Waals surface area contributed by atoms with E-state index in [1.54, 1.807) is 0 Å². The van der Waals surface area contributed by atoms with Crippen molar-refractivity contribution in [2.45, 2.75) is 0 Å². The summed E-state index contributed by atoms with van der Waals surface area (Å²) in [5.74, 6) is 0.878. The molecule has 9 rings (SSSR count). The Labute approximate surface area is 265 Å². The topological polar surface area (TPSA) is 43.9 Å². The molecule has 0 fully saturated rings. The molecule has 0 aliphatic rings. The highest BCUT2D eigenvalue weighted by Gasteiger charge is 2.23. The highest BCUT2D eigenvalue weighted by molar-refractivity contribution is 6.22. The lowest BCUT2D eigenvalue weighted by atomic mass is 9.98. The normalized spacial score (nSPS) is 11.5. The van der Waals surface area contributed by atoms with Gasteiger partial charge >= 0.3 is 0 Å². The molecule has 0 aliphatic heterocycles. The Morgan fingerprint density at radius 2 is 1.07 bits per heavy atom. The third kappa shape index (κ3) is 4.23. The van der Waals surface area contributed by atoms with Gasteiger partial charge in [0, 0.05) is 63.5 Å². The predicted octanol–water partition coefficient (Wildman–Crippen LogP) is 11.0. The number of aromatic nitrogens is 3. The average molecular weight is 590 g/mol. The molecule has 4 aromatic heterocycles. The van der Waals surface area contributed by atoms with Crippen molar-refractivity contribution in [3.8, 4) is 50.4 Å². The maximum Gasteiger partial charge on any atom is 0.145 e. The van der Waals surface area contributed by atoms with Crippen molar-refractivity contribution in [1.82, 2.24) is 14.5 Å². The molecule has 0 radical (unpaired) electrons. The SMILES string of the molecule is c1ccc(-c2oc3c(ccc4c3c3ccccc3n4-c3cc(-c4cccnc4)cc(-c4cccnc4)c3)c2-c2ccccc2)cc1. The molecule has 0 bridgehead atoms. The van der Waals surface area contributed by atoms with E-state index >= 15 is 0 Å². The molecular weight excluding hydrogens is 562 g/mol. The molecule has 4 heteroatoms. The number of rotatable bonds is 5. The van der Waals surface area contributed by atoms with E-state index < -0.39 is 0 Å². The quantitative estimate of drug-likeness (QED) is 0.201. The van der Waals surface area contributed by atoms with Crippen LogP contribution in [0.2, 0.25) is 0 Å². The first kappa shape index (κ1) is 26.2. The van der Waals surface area contributed by atoms with Gasteiger partial charge in [0.05, 0.1) is 16.4 Å². The van der Waals surface area contributed by atoms with E-state index in [-0.39, 0.29) is 0 Å². The Kier molecular flexibility index (Phi) is 6.10. The van der Waals surface area contributed by atoms with Crippen molar-refractivity contribution in [3.05, 3.63) is 164 Å². The van der Waals surface area contributed by atoms with Gasteiger partial charge in [-0.1, -0.05) is 91.0 Å². The van der Waals surface area contributed by atoms with Gasteiger partial charge in [0.15, 0.2) is 0 Å². The zero-order valence-corrected chi connectivity index (χ0v) is 24.8. The molecule has 4 heterocycles. The first-order valence-electron chi connectivity index (χ1n) is 15.4. The van der Waals surface area contributed by atoms with Crippen molar-refractivity contribution < 1.29 is 4.42 Å². The summed E-state index contributed by atoms with van der Waals surface area (Å²) in [6.45, 7) is 0. The fourth-order valence-corrected chi connectivity index (χ4v) is 6.71. The van der Waals surface area contributed by atoms with Crippen molar-refractivity contribution in [2.75, 3.05) is 0 Å². The molecule has 0 aliphatic carbocycles. The maximum absolute atomic E-state index is 6.97. The number of para-hydroxylation sites is 1. The van der Waals surface area contributed by atoms with Crippen molar-refractivity contribution in [3.63, 3.8) is 0 Å². The minimum Gasteiger partial charge on any atom is -0.455 e. The third-order valence-electron chi connectivity index (χ3n) is 8.76. The van der Waals surface area contributed by atoms with E-state index in [0.717, 1.165) is 83.2 Å². The van der Waals surface area contributed by atoms with E-state index in [0.29, 0.717) is 0 Å². The Morgan fingerprint density at radius 3 is 1.72 bits per heavy atom. The number of fused-ring (bicyclic) bond motifs is 5. The summed E-state index contributed by atoms with van der Waals surface area (Å²) in [6.07, 6.45) is 7.45. The largest absolute Gasteiger partial charge is 0.455 e. The minimum absolute atomic E-state index is 0.878. The van der Waals surface area contributed by atoms with E-state index in [2.05, 4.69) is 136 Å². The lowest BCUT2D eigenvalue weighted by Gasteiger charge is -2.13. The number of furan rings is 1. The number of pyridine rings is 2. The van der Waals surface area contributed by atoms with Crippen LogP contribution >= 0.6 is 0 Å². The van der Waals surface area contributed by atoms with Gasteiger partial charge < -0.3 is 8.98 Å². The lowest BCUT2D eigenvalue weighted by molar-refractivity contribution is 0.636. The van der Waals surface area contributed by atoms with Crippen LogP contribution in [0.1, 0.15) is 0 Å². The van der Waals surface area contributed by atoms with E-state index in [1.807, 2.05) is 43.0 Å². The molecule has 4 nitrogen and oxygen atoms in total. The van der Waals surface area contributed by atoms with Gasteiger partial charge in [-0.3, -0.25) is 9.97 Å². The van der Waals surface area contributed by atoms with Gasteiger partial charge in [-0.2, -0.15) is 0 Å². The van der Waals surface area contributed by atoms with Crippen molar-refractivity contribution >= 4 is 32.8 Å². The molecule has 46 heavy (non-hydrogen) atoms. The van der Waals surface area contributed by atoms with E-state index in [1.165, 1.54) is 0 Å². The molecular formula is C42H27N3O. The Bertz CT molecular complexity index is 2440. The Balaban J connectivity index is 1.38. The first-order chi connectivity index (χ1) is 22.8. The third-order valence-corrected chi connectivity index (χ3v) is 8.76. The smallest absolute Gasteiger partial charge is 0.145 e. The maximum atomic E-state index is 6.97. The summed E-state index contributed by atoms with van der Waals surface area (Å²) in [5, 5.41) is 3.34. The molecule has 0 saturated carbocycles. The Morgan fingerprint density at radius 1 is 0.457 bits per heavy atom. The second kappa shape index (κ2) is 10.7. The van der Waals surface area contributed by atoms with Gasteiger partial charge in [0.2, 0.25) is 0 Å². The van der Waals surface area contributed by atoms with Crippen LogP contribution < -0.4 is 0 Å². The number of nitrogens with zero attached hydrogens (tertiary/aromatic N) is 3. The van der Waals surface area contributed by atoms with Crippen LogP contribution in [-0.4, -0.2) is 14.5 Å². The van der Waals surface area contributed by atoms with Crippen molar-refractivity contribution in [1.29, 1.82) is 0 Å². The van der Waals surface area contributed by atoms with Gasteiger partial charge in [0.25, 0.3) is 0 Å². The molecule has 216 valence electrons. The van der Waals surface area contributed by atoms with Gasteiger partial charge in [-0.15, -0.1) is 0 Å². The second-order valence-corrected chi connectivity index (χ2v) is 11.5. The summed E-state index contributed by atoms with van der Waals surface area (Å²) >= 11 is 0. The van der Waals surface area contributed by atoms with Gasteiger partial charge in [-0.25, -0.2) is 0 Å². The number of hydrogen-bond acceptors (Lipinski definition) is 3. The van der Waals surface area contributed by atoms with Crippen LogP contribution in [0.5, 0.6) is 0 Å². The van der Waals surface area contributed by atoms with Crippen LogP contribution in [0.25, 0.3) is 83.2 Å². The van der Waals surface area contributed by atoms with Crippen molar-refractivity contribution in [2.24, 2.45) is 0 Å². The van der Waals surface area contributed by atoms with Crippen LogP contribution in [0.4, 0.5) is 0 Å². The van der Waals surface area contributed by atoms with Crippen LogP contribution in [-0.2, 0) is 0 Å². The highest BCUT2D eigenvalue weighted by atomic mass is 16.3. The van der Waals surface area contributed by atoms with Gasteiger partial charge in [0.1, 0.15) is 11.3 Å². The van der Waals surface area contributed by atoms with E-state index in [4.69, 9.17) is 4.42 Å². The molecule has 0 unspecified atom stereocenters. The lowest BCUT2D eigenvalue weighted by Crippen LogP contribution is -1.96. The summed E-state index contributed by atoms with van der Waals surface area (Å²) in [4.78, 5) is 8.84. The fourth-order valence-electron chi connectivity index (χ4n) is 6.71. The number of benzene rings is 5. The predicted molar refractivity (Wildman–Crippen MR) is 188 cm³/mol. The van der Waals surface area contributed by atoms with Crippen LogP contribution in [0, 0.1) is 0 Å². The van der Waals surface area contributed by atoms with Gasteiger partial charge in [-0.05, 0) is 65.2 Å². The summed E-state index contributed by atoms with van der Waals surface area (Å²) < 4.78 is 9.32. The molecule has 0 spiro atoms. The average Bonchev–Trinajstić information content (AvgIpc) is 3.69. The van der Waals surface area contributed by atoms with E-state index in [9.17, 15) is 0 Å². The standard InChI is InChI=1S/C42H27N3O/c1-3-11-28(12-4-1)39-36-19-20-38-40(42(36)46-41(39)29-13-5-2-6-14-29)35-17-7-8-18-37(35)45(38)34-24-32(30-15-9-21-43-26-30)23-33(25-34)31-16-10-22-44-27-31/h1-27H. The zero-order chi connectivity index (χ0) is 30.5. The fraction of sp³-hybridized carbons (Fsp3) is 0. The first-order valence-corrected chi connectivity index (χ1v) is 15.4. The number of hydrogen-bond donors (Lipinski definition) is 0. The molecule has 9 aromatic rings. The summed E-state index contributed by atoms with van der Waals surface area (Å²) in [6, 6.07) is 48.9. The summed E-state index contributed by atoms with van der Waals surface area (Å²) in [7, 11) is 0. The molecule has 0 saturated heterocycles. The molecule has 0 N–H and O–H groups in total. The Hall–Kier alpha value is -6.26.